The van der Waals surface area contributed by atoms with Crippen LogP contribution in [0.2, 0.25) is 0 Å². The summed E-state index contributed by atoms with van der Waals surface area (Å²) >= 11 is 0. The van der Waals surface area contributed by atoms with Gasteiger partial charge < -0.3 is 49.2 Å². The number of aromatic hydroxyl groups is 3. The van der Waals surface area contributed by atoms with Gasteiger partial charge in [0.05, 0.1) is 43.8 Å². The summed E-state index contributed by atoms with van der Waals surface area (Å²) in [5, 5.41) is 54.7. The van der Waals surface area contributed by atoms with Crippen LogP contribution in [0.25, 0.3) is 43.1 Å². The molecule has 0 aromatic heterocycles. The molecule has 14 nitrogen and oxygen atoms in total. The first-order valence-corrected chi connectivity index (χ1v) is 18.2. The number of methoxy groups -OCH3 is 2. The number of phenolic OH excluding ortho intramolecular Hbond substituents is 3. The van der Waals surface area contributed by atoms with E-state index in [-0.39, 0.29) is 107 Å². The molecule has 0 saturated heterocycles. The van der Waals surface area contributed by atoms with Crippen LogP contribution < -0.4 is 25.1 Å². The second-order valence-electron chi connectivity index (χ2n) is 13.9. The molecule has 2 unspecified atom stereocenters. The zero-order valence-electron chi connectivity index (χ0n) is 31.7. The normalized spacial score (nSPS) is 12.6. The maximum absolute atomic E-state index is 14.5. The van der Waals surface area contributed by atoms with E-state index in [1.807, 2.05) is 0 Å². The minimum absolute atomic E-state index is 0.0468. The molecule has 0 radical (unpaired) electrons. The molecule has 298 valence electrons. The van der Waals surface area contributed by atoms with Crippen LogP contribution in [0.1, 0.15) is 46.5 Å². The highest BCUT2D eigenvalue weighted by Crippen LogP contribution is 2.51. The van der Waals surface area contributed by atoms with Gasteiger partial charge in [0.15, 0.2) is 11.5 Å². The van der Waals surface area contributed by atoms with E-state index in [9.17, 15) is 44.7 Å². The Balaban J connectivity index is 1.58. The van der Waals surface area contributed by atoms with Crippen LogP contribution >= 0.6 is 0 Å². The molecule has 14 heteroatoms. The van der Waals surface area contributed by atoms with E-state index < -0.39 is 59.9 Å². The standard InChI is InChI=1S/C44H38O14/c1-20(56-43(52)22-8-6-5-7-9-22)14-27-33-34-28(15-21(2)57-44(53)58-26-12-10-25(47)11-13-26)42(55-4)40(51)36-30(49)17-24(19-46)32(38(34)36)31-23(18-45)16-29(48)35(37(31)33)39(50)41(27)54-3/h5-13,16-17,20-21,45-49H,14-15,18-19H2,1-4H3. The number of hydrogen-bond donors (Lipinski definition) is 5. The van der Waals surface area contributed by atoms with Gasteiger partial charge in [0, 0.05) is 34.7 Å². The minimum Gasteiger partial charge on any atom is -0.508 e. The van der Waals surface area contributed by atoms with Crippen LogP contribution in [-0.2, 0) is 35.5 Å². The zero-order chi connectivity index (χ0) is 41.6. The second kappa shape index (κ2) is 15.6. The summed E-state index contributed by atoms with van der Waals surface area (Å²) in [7, 11) is 2.51. The summed E-state index contributed by atoms with van der Waals surface area (Å²) in [4.78, 5) is 55.1. The molecule has 7 rings (SSSR count). The fourth-order valence-corrected chi connectivity index (χ4v) is 7.91. The van der Waals surface area contributed by atoms with Gasteiger partial charge in [-0.1, -0.05) is 18.2 Å². The number of phenols is 3. The molecular weight excluding hydrogens is 752 g/mol. The van der Waals surface area contributed by atoms with Crippen molar-refractivity contribution in [1.29, 1.82) is 0 Å². The average molecular weight is 791 g/mol. The summed E-state index contributed by atoms with van der Waals surface area (Å²) in [5.74, 6) is -2.06. The molecule has 0 saturated carbocycles. The van der Waals surface area contributed by atoms with E-state index in [0.717, 1.165) is 0 Å². The molecule has 7 aromatic rings. The Hall–Kier alpha value is -6.90. The molecule has 0 spiro atoms. The number of hydrogen-bond acceptors (Lipinski definition) is 14. The predicted molar refractivity (Wildman–Crippen MR) is 213 cm³/mol. The minimum atomic E-state index is -1.10. The fourth-order valence-electron chi connectivity index (χ4n) is 7.91. The lowest BCUT2D eigenvalue weighted by Crippen LogP contribution is -2.23. The molecule has 0 aliphatic rings. The van der Waals surface area contributed by atoms with E-state index in [1.54, 1.807) is 37.3 Å². The maximum Gasteiger partial charge on any atom is 0.514 e. The van der Waals surface area contributed by atoms with Crippen LogP contribution in [0, 0.1) is 0 Å². The lowest BCUT2D eigenvalue weighted by Gasteiger charge is -2.26. The van der Waals surface area contributed by atoms with Crippen molar-refractivity contribution in [2.75, 3.05) is 14.2 Å². The van der Waals surface area contributed by atoms with Gasteiger partial charge in [-0.2, -0.15) is 0 Å². The third-order valence-electron chi connectivity index (χ3n) is 10.2. The van der Waals surface area contributed by atoms with Gasteiger partial charge in [-0.05, 0) is 95.1 Å². The van der Waals surface area contributed by atoms with Crippen LogP contribution in [0.5, 0.6) is 34.5 Å². The van der Waals surface area contributed by atoms with Crippen molar-refractivity contribution in [3.05, 3.63) is 115 Å². The zero-order valence-corrected chi connectivity index (χ0v) is 31.7. The SMILES string of the molecule is COc1c(CC(C)OC(=O)Oc2ccc(O)cc2)c2c3c(CC(C)OC(=O)c4ccccc4)c(OC)c(=O)c4c(O)cc(CO)c(c5c(CO)cc(O)c(c1=O)c52)c43. The topological polar surface area (TPSA) is 216 Å². The Morgan fingerprint density at radius 2 is 1.07 bits per heavy atom. The first-order valence-electron chi connectivity index (χ1n) is 18.2. The van der Waals surface area contributed by atoms with E-state index in [0.29, 0.717) is 0 Å². The summed E-state index contributed by atoms with van der Waals surface area (Å²) in [6.45, 7) is 1.85. The van der Waals surface area contributed by atoms with E-state index >= 15 is 0 Å². The van der Waals surface area contributed by atoms with Crippen molar-refractivity contribution < 1.29 is 58.8 Å². The number of esters is 1. The molecule has 0 fully saturated rings. The Kier molecular flexibility index (Phi) is 10.6. The van der Waals surface area contributed by atoms with Crippen molar-refractivity contribution in [2.45, 2.75) is 52.1 Å². The number of aliphatic hydroxyl groups excluding tert-OH is 2. The van der Waals surface area contributed by atoms with Crippen molar-refractivity contribution >= 4 is 55.2 Å². The van der Waals surface area contributed by atoms with Gasteiger partial charge in [0.25, 0.3) is 0 Å². The summed E-state index contributed by atoms with van der Waals surface area (Å²) < 4.78 is 28.3. The average Bonchev–Trinajstić information content (AvgIpc) is 3.19. The highest BCUT2D eigenvalue weighted by Gasteiger charge is 2.33. The number of benzene rings is 7. The number of fused-ring (bicyclic) bond motifs is 2. The lowest BCUT2D eigenvalue weighted by atomic mass is 9.80. The maximum atomic E-state index is 14.5. The van der Waals surface area contributed by atoms with Gasteiger partial charge in [-0.15, -0.1) is 0 Å². The number of aliphatic hydroxyl groups is 2. The number of carbonyl (C=O) groups is 2. The lowest BCUT2D eigenvalue weighted by molar-refractivity contribution is 0.0342. The Morgan fingerprint density at radius 3 is 1.52 bits per heavy atom. The van der Waals surface area contributed by atoms with Gasteiger partial charge in [0.1, 0.15) is 35.2 Å². The molecule has 0 aliphatic heterocycles. The summed E-state index contributed by atoms with van der Waals surface area (Å²) in [6, 6.07) is 16.1. The Bertz CT molecular complexity index is 2840. The summed E-state index contributed by atoms with van der Waals surface area (Å²) in [6.07, 6.45) is -3.43. The number of ether oxygens (including phenoxy) is 5. The van der Waals surface area contributed by atoms with Crippen LogP contribution in [0.3, 0.4) is 0 Å². The highest BCUT2D eigenvalue weighted by atomic mass is 16.7. The molecule has 5 N–H and O–H groups in total. The van der Waals surface area contributed by atoms with Gasteiger partial charge >= 0.3 is 12.1 Å². The molecule has 0 aliphatic carbocycles. The van der Waals surface area contributed by atoms with Crippen molar-refractivity contribution in [3.8, 4) is 34.5 Å². The van der Waals surface area contributed by atoms with Crippen LogP contribution in [-0.4, -0.2) is 64.1 Å². The third kappa shape index (κ3) is 6.61. The first kappa shape index (κ1) is 39.3. The van der Waals surface area contributed by atoms with Crippen molar-refractivity contribution in [3.63, 3.8) is 0 Å². The van der Waals surface area contributed by atoms with Gasteiger partial charge in [0.2, 0.25) is 10.9 Å². The Morgan fingerprint density at radius 1 is 0.603 bits per heavy atom. The number of carbonyl (C=O) groups excluding carboxylic acids is 2. The van der Waals surface area contributed by atoms with Crippen molar-refractivity contribution in [2.24, 2.45) is 0 Å². The molecule has 58 heavy (non-hydrogen) atoms. The van der Waals surface area contributed by atoms with Crippen molar-refractivity contribution in [1.82, 2.24) is 0 Å². The molecule has 0 amide bonds. The quantitative estimate of drug-likeness (QED) is 0.0419. The third-order valence-corrected chi connectivity index (χ3v) is 10.2. The first-order chi connectivity index (χ1) is 27.8. The number of rotatable bonds is 12. The van der Waals surface area contributed by atoms with E-state index in [1.165, 1.54) is 57.5 Å². The molecular formula is C44H38O14. The van der Waals surface area contributed by atoms with Gasteiger partial charge in [-0.25, -0.2) is 9.59 Å². The monoisotopic (exact) mass is 790 g/mol. The van der Waals surface area contributed by atoms with E-state index in [2.05, 4.69) is 0 Å². The van der Waals surface area contributed by atoms with E-state index in [4.69, 9.17) is 23.7 Å². The predicted octanol–water partition coefficient (Wildman–Crippen LogP) is 5.95. The van der Waals surface area contributed by atoms with Crippen LogP contribution in [0.4, 0.5) is 4.79 Å². The molecule has 0 heterocycles. The van der Waals surface area contributed by atoms with Gasteiger partial charge in [-0.3, -0.25) is 9.59 Å². The van der Waals surface area contributed by atoms with Crippen LogP contribution in [0.15, 0.2) is 76.3 Å². The molecule has 2 atom stereocenters. The fraction of sp³-hybridized carbons (Fsp3) is 0.227. The largest absolute Gasteiger partial charge is 0.514 e. The summed E-state index contributed by atoms with van der Waals surface area (Å²) in [5.41, 5.74) is -0.593. The molecule has 0 bridgehead atoms. The second-order valence-corrected chi connectivity index (χ2v) is 13.9. The highest BCUT2D eigenvalue weighted by molar-refractivity contribution is 6.37. The molecule has 7 aromatic carbocycles. The smallest absolute Gasteiger partial charge is 0.508 e. The Labute approximate surface area is 329 Å².